The van der Waals surface area contributed by atoms with Crippen molar-refractivity contribution in [3.05, 3.63) is 357 Å². The van der Waals surface area contributed by atoms with Crippen LogP contribution in [0.4, 0.5) is 4.39 Å². The van der Waals surface area contributed by atoms with E-state index in [0.29, 0.717) is 99.5 Å². The molecule has 5 heterocycles. The van der Waals surface area contributed by atoms with E-state index in [9.17, 15) is 57.9 Å². The first-order valence-corrected chi connectivity index (χ1v) is 47.4. The molecule has 15 rings (SSSR count). The molecule has 0 spiro atoms. The zero-order valence-electron chi connectivity index (χ0n) is 81.4. The second-order valence-corrected chi connectivity index (χ2v) is 35.0. The molecule has 36 heteroatoms. The molecule has 9 aromatic carbocycles. The fourth-order valence-corrected chi connectivity index (χ4v) is 18.8. The second-order valence-electron chi connectivity index (χ2n) is 32.9. The van der Waals surface area contributed by atoms with Crippen molar-refractivity contribution in [3.8, 4) is 58.4 Å². The Balaban J connectivity index is 0.000000191. The first kappa shape index (κ1) is 111. The monoisotopic (exact) mass is 2050 g/mol. The van der Waals surface area contributed by atoms with Crippen molar-refractivity contribution in [1.82, 2.24) is 39.1 Å². The maximum Gasteiger partial charge on any atom is 0.348 e. The number of aryl methyl sites for hydroxylation is 3. The minimum atomic E-state index is -3.48. The number of aliphatic carboxylic acids is 4. The maximum atomic E-state index is 14.9. The van der Waals surface area contributed by atoms with Crippen LogP contribution in [0.25, 0.3) is 16.0 Å². The molecule has 4 N–H and O–H groups in total. The Kier molecular flexibility index (Phi) is 41.6. The van der Waals surface area contributed by atoms with E-state index in [1.54, 1.807) is 146 Å². The number of carboxylic acids is 4. The summed E-state index contributed by atoms with van der Waals surface area (Å²) in [4.78, 5) is 79.2. The summed E-state index contributed by atoms with van der Waals surface area (Å²) in [7, 11) is 6.83. The topological polar surface area (TPSA) is 427 Å². The molecule has 1 saturated heterocycles. The summed E-state index contributed by atoms with van der Waals surface area (Å²) in [5.41, 5.74) is 14.9. The number of aromatic nitrogens is 6. The summed E-state index contributed by atoms with van der Waals surface area (Å²) in [5.74, 6) is -3.38. The average molecular weight is 2050 g/mol. The molecule has 5 atom stereocenters. The van der Waals surface area contributed by atoms with Gasteiger partial charge in [-0.15, -0.1) is 6.07 Å². The van der Waals surface area contributed by atoms with Crippen molar-refractivity contribution in [2.45, 2.75) is 120 Å². The van der Waals surface area contributed by atoms with Crippen LogP contribution in [0.1, 0.15) is 137 Å². The summed E-state index contributed by atoms with van der Waals surface area (Å²) in [6.45, 7) is 13.5. The molecule has 749 valence electrons. The molecule has 0 bridgehead atoms. The third-order valence-corrected chi connectivity index (χ3v) is 26.0. The number of fused-ring (bicyclic) bond motifs is 2. The van der Waals surface area contributed by atoms with Crippen LogP contribution in [-0.4, -0.2) is 199 Å². The Hall–Kier alpha value is -14.2. The fourth-order valence-electron chi connectivity index (χ4n) is 17.2. The number of rotatable bonds is 42. The van der Waals surface area contributed by atoms with Crippen LogP contribution >= 0.6 is 0 Å². The van der Waals surface area contributed by atoms with E-state index in [1.807, 2.05) is 136 Å². The number of nitrogens with zero attached hydrogens (tertiary/aromatic N) is 11. The fraction of sp³-hybridized carbons (Fsp3) is 0.318. The van der Waals surface area contributed by atoms with E-state index in [-0.39, 0.29) is 87.9 Å². The first-order valence-electron chi connectivity index (χ1n) is 45.8. The van der Waals surface area contributed by atoms with E-state index in [2.05, 4.69) is 52.8 Å². The van der Waals surface area contributed by atoms with Gasteiger partial charge in [0.2, 0.25) is 46.7 Å². The van der Waals surface area contributed by atoms with Crippen molar-refractivity contribution in [2.75, 3.05) is 95.1 Å². The molecule has 0 amide bonds. The molecule has 143 heavy (non-hydrogen) atoms. The number of hydrogen-bond donors (Lipinski definition) is 4. The minimum absolute atomic E-state index is 0. The number of hydrogen-bond acceptors (Lipinski definition) is 26. The smallest absolute Gasteiger partial charge is 0.348 e. The van der Waals surface area contributed by atoms with Gasteiger partial charge < -0.3 is 87.2 Å². The van der Waals surface area contributed by atoms with Gasteiger partial charge in [0, 0.05) is 100 Å². The van der Waals surface area contributed by atoms with E-state index < -0.39 is 86.5 Å². The first-order chi connectivity index (χ1) is 68.6. The van der Waals surface area contributed by atoms with E-state index in [1.165, 1.54) is 60.2 Å². The Labute approximate surface area is 856 Å². The maximum absolute atomic E-state index is 14.9. The summed E-state index contributed by atoms with van der Waals surface area (Å²) in [5, 5.41) is 44.6. The molecule has 1 radical (unpaired) electrons. The molecule has 1 fully saturated rings. The van der Waals surface area contributed by atoms with Gasteiger partial charge >= 0.3 is 29.9 Å². The van der Waals surface area contributed by atoms with Crippen molar-refractivity contribution in [1.29, 1.82) is 0 Å². The number of methoxy groups -OCH3 is 7. The quantitative estimate of drug-likeness (QED) is 0.00907. The van der Waals surface area contributed by atoms with Crippen LogP contribution in [0.5, 0.6) is 58.4 Å². The predicted molar refractivity (Wildman–Crippen MR) is 527 cm³/mol. The van der Waals surface area contributed by atoms with Crippen LogP contribution in [0.3, 0.4) is 0 Å². The zero-order valence-corrected chi connectivity index (χ0v) is 85.0. The third-order valence-electron chi connectivity index (χ3n) is 24.0. The van der Waals surface area contributed by atoms with Gasteiger partial charge in [-0.05, 0) is 130 Å². The number of halogens is 1. The van der Waals surface area contributed by atoms with Gasteiger partial charge in [0.25, 0.3) is 0 Å². The number of unbranched alkanes of at least 4 members (excludes halogenated alkanes) is 3. The Morgan fingerprint density at radius 3 is 1.59 bits per heavy atom. The molecule has 2 aliphatic heterocycles. The largest absolute Gasteiger partial charge is 0.503 e. The van der Waals surface area contributed by atoms with Gasteiger partial charge in [-0.1, -0.05) is 270 Å². The van der Waals surface area contributed by atoms with Crippen molar-refractivity contribution in [3.63, 3.8) is 0 Å². The van der Waals surface area contributed by atoms with Crippen LogP contribution in [-0.2, 0) is 101 Å². The number of carboxylic acid groups (broad SMARTS) is 4. The minimum Gasteiger partial charge on any atom is -0.503 e. The van der Waals surface area contributed by atoms with E-state index in [0.717, 1.165) is 78.7 Å². The number of ether oxygens (including phenoxy) is 12. The molecule has 12 aromatic rings. The Bertz CT molecular complexity index is 6200. The van der Waals surface area contributed by atoms with Gasteiger partial charge in [-0.2, -0.15) is 19.9 Å². The van der Waals surface area contributed by atoms with Crippen LogP contribution in [0.2, 0.25) is 0 Å². The molecular formula is C107H116FN11O22SY-2. The van der Waals surface area contributed by atoms with Crippen molar-refractivity contribution in [2.24, 2.45) is 11.0 Å². The van der Waals surface area contributed by atoms with Crippen molar-refractivity contribution < 1.29 is 142 Å². The molecule has 33 nitrogen and oxygen atoms in total. The number of likely N-dealkylation sites (tertiary alicyclic amines) is 1. The van der Waals surface area contributed by atoms with E-state index >= 15 is 0 Å². The molecule has 1 aliphatic carbocycles. The average Bonchev–Trinajstić information content (AvgIpc) is 1.57. The van der Waals surface area contributed by atoms with Crippen LogP contribution < -0.4 is 47.4 Å². The normalized spacial score (nSPS) is 14.3. The summed E-state index contributed by atoms with van der Waals surface area (Å²) in [6.07, 6.45) is 6.92. The number of azide groups is 1. The van der Waals surface area contributed by atoms with Gasteiger partial charge in [0.1, 0.15) is 5.54 Å². The molecule has 3 aliphatic rings. The summed E-state index contributed by atoms with van der Waals surface area (Å²) in [6, 6.07) is 71.7. The summed E-state index contributed by atoms with van der Waals surface area (Å²) < 4.78 is 109. The molecule has 0 saturated carbocycles. The zero-order chi connectivity index (χ0) is 102. The number of carbonyl (C=O) groups is 4. The summed E-state index contributed by atoms with van der Waals surface area (Å²) >= 11 is 0. The van der Waals surface area contributed by atoms with Gasteiger partial charge in [-0.3, -0.25) is 14.5 Å². The second kappa shape index (κ2) is 53.6. The predicted octanol–water partition coefficient (Wildman–Crippen LogP) is 17.9. The van der Waals surface area contributed by atoms with Crippen molar-refractivity contribution >= 4 is 39.5 Å². The molecule has 3 aromatic heterocycles. The van der Waals surface area contributed by atoms with Crippen LogP contribution in [0.15, 0.2) is 260 Å². The standard InChI is InChI=1S/C30H41FN2O7S.C26H25O5.C23H21N5O4.C22H22N2O6.C6H7N2.Y/c1-4-6-8-16-41(36,37)33(13-7-5-2)15-14-32-19-23(21-9-12-26-27(18-21)40-20-39-26)28(30(34)35)29(32)22-10-11-25(38-3)24(31)17-22;1-19(20-14-15-23(29-2)24(16-20)30-3)18-31-26(17-25(27)28,21-10-6-4-7-11-21)22-12-8-5-9-13-22;1-31-20-17-13-8-14-18(17)25-22(26-20)32-19(21(29)30)23(27-28-24,15-9-4-2-5-10-15)16-11-6-3-7-12-16;1-27-17-14-18(28-2)24-21(23-17)30-19(20(25)26)22(29-3,15-10-6-4-7-11-15)16-12-8-5-9-13-16;1-5-3-6(2)8-4-7-5;/h9-12,17-18,23,28-29H,4-8,13-16,19-20H2,1-3H3,(H,34,35);4-17H,1,18H2,2-3H3,(H,27,28);2-7,9-12,19H,8,13-14H2,1H3,(H,29,30);4-14,19H,1-3H3,(H,25,26);3H,1-2H3;/q;-1;;;-1;/t23-,28?,29+;;2*19-;;/m1.11../s1. The SMILES string of the molecule is C=C(COC([CH-]C(=O)O)(c1ccccc1)c1ccccc1)c1ccc(OC)c(OC)c1.CCCCCS(=O)(=O)N(CCCC)CCN1C[C@H](c2ccc3c(c2)OCO3)C(C(=O)O)[C@@H]1c1ccc(OC)c(F)c1.COc1cc(OC)nc(O[C@H](C(=O)O)C(OC)(c2ccccc2)c2ccccc2)n1.COc1nc(O[C@H](C(=O)O)C(N=[N+]=[N-])(c2ccccc2)c2ccccc2)nc2c1CCC2.Cc1cc(C)n[c-]n1.[Y]. The third kappa shape index (κ3) is 27.8. The van der Waals surface area contributed by atoms with Crippen LogP contribution in [0, 0.1) is 38.3 Å². The molecule has 1 unspecified atom stereocenters. The Morgan fingerprint density at radius 1 is 0.587 bits per heavy atom. The Morgan fingerprint density at radius 2 is 1.10 bits per heavy atom. The van der Waals surface area contributed by atoms with Gasteiger partial charge in [0.15, 0.2) is 46.1 Å². The number of sulfonamides is 1. The van der Waals surface area contributed by atoms with E-state index in [4.69, 9.17) is 56.8 Å². The van der Waals surface area contributed by atoms with Gasteiger partial charge in [-0.25, -0.2) is 33.1 Å². The molecular weight excluding hydrogens is 1930 g/mol. The van der Waals surface area contributed by atoms with Gasteiger partial charge in [0.05, 0.1) is 72.7 Å². The number of benzene rings is 9.